The molecule has 0 aliphatic heterocycles. The van der Waals surface area contributed by atoms with Gasteiger partial charge in [-0.05, 0) is 30.2 Å². The average Bonchev–Trinajstić information content (AvgIpc) is 2.92. The molecule has 0 atom stereocenters. The molecule has 1 amide bonds. The van der Waals surface area contributed by atoms with Crippen molar-refractivity contribution in [3.8, 4) is 5.75 Å². The lowest BCUT2D eigenvalue weighted by Gasteiger charge is -2.06. The Labute approximate surface area is 127 Å². The highest BCUT2D eigenvalue weighted by Gasteiger charge is 2.12. The molecule has 0 saturated carbocycles. The van der Waals surface area contributed by atoms with Gasteiger partial charge in [-0.2, -0.15) is 0 Å². The maximum absolute atomic E-state index is 13.4. The van der Waals surface area contributed by atoms with Gasteiger partial charge in [-0.25, -0.2) is 8.78 Å². The van der Waals surface area contributed by atoms with Crippen LogP contribution in [0.25, 0.3) is 0 Å². The quantitative estimate of drug-likeness (QED) is 0.888. The van der Waals surface area contributed by atoms with Gasteiger partial charge in [-0.1, -0.05) is 13.8 Å². The first kappa shape index (κ1) is 16.0. The van der Waals surface area contributed by atoms with Gasteiger partial charge in [0.05, 0.1) is 0 Å². The van der Waals surface area contributed by atoms with E-state index in [2.05, 4.69) is 5.32 Å². The van der Waals surface area contributed by atoms with Crippen molar-refractivity contribution in [2.75, 3.05) is 6.54 Å². The van der Waals surface area contributed by atoms with Crippen molar-refractivity contribution in [2.45, 2.75) is 20.5 Å². The normalized spacial score (nSPS) is 10.8. The molecule has 0 bridgehead atoms. The van der Waals surface area contributed by atoms with Gasteiger partial charge in [0.25, 0.3) is 5.91 Å². The number of hydrogen-bond donors (Lipinski definition) is 1. The number of halogens is 2. The third-order valence-electron chi connectivity index (χ3n) is 2.82. The number of rotatable bonds is 6. The molecule has 2 aromatic rings. The summed E-state index contributed by atoms with van der Waals surface area (Å²) in [5.41, 5.74) is 0. The highest BCUT2D eigenvalue weighted by Crippen LogP contribution is 2.19. The standard InChI is InChI=1S/C16H17F2NO3/c1-10(2)8-19-16(20)15-6-4-12(22-15)9-21-14-5-3-11(17)7-13(14)18/h3-7,10H,8-9H2,1-2H3,(H,19,20). The lowest BCUT2D eigenvalue weighted by atomic mass is 10.2. The largest absolute Gasteiger partial charge is 0.483 e. The molecule has 1 heterocycles. The van der Waals surface area contributed by atoms with Crippen LogP contribution >= 0.6 is 0 Å². The summed E-state index contributed by atoms with van der Waals surface area (Å²) < 4.78 is 36.7. The van der Waals surface area contributed by atoms with E-state index in [1.807, 2.05) is 13.8 Å². The number of hydrogen-bond acceptors (Lipinski definition) is 3. The molecule has 1 aromatic carbocycles. The highest BCUT2D eigenvalue weighted by molar-refractivity contribution is 5.91. The van der Waals surface area contributed by atoms with Crippen LogP contribution in [0.2, 0.25) is 0 Å². The number of ether oxygens (including phenoxy) is 1. The zero-order valence-electron chi connectivity index (χ0n) is 12.4. The molecule has 22 heavy (non-hydrogen) atoms. The Balaban J connectivity index is 1.93. The SMILES string of the molecule is CC(C)CNC(=O)c1ccc(COc2ccc(F)cc2F)o1. The summed E-state index contributed by atoms with van der Waals surface area (Å²) in [6.07, 6.45) is 0. The Hall–Kier alpha value is -2.37. The van der Waals surface area contributed by atoms with Crippen LogP contribution in [0.15, 0.2) is 34.7 Å². The first-order valence-corrected chi connectivity index (χ1v) is 6.90. The van der Waals surface area contributed by atoms with Gasteiger partial charge in [-0.15, -0.1) is 0 Å². The first-order valence-electron chi connectivity index (χ1n) is 6.90. The summed E-state index contributed by atoms with van der Waals surface area (Å²) in [6, 6.07) is 6.14. The molecule has 0 radical (unpaired) electrons. The van der Waals surface area contributed by atoms with Crippen LogP contribution in [0.1, 0.15) is 30.2 Å². The van der Waals surface area contributed by atoms with E-state index in [1.54, 1.807) is 6.07 Å². The fourth-order valence-corrected chi connectivity index (χ4v) is 1.70. The predicted molar refractivity (Wildman–Crippen MR) is 76.6 cm³/mol. The van der Waals surface area contributed by atoms with Gasteiger partial charge >= 0.3 is 0 Å². The number of carbonyl (C=O) groups is 1. The summed E-state index contributed by atoms with van der Waals surface area (Å²) in [6.45, 7) is 4.46. The summed E-state index contributed by atoms with van der Waals surface area (Å²) in [5.74, 6) is -0.981. The van der Waals surface area contributed by atoms with Crippen LogP contribution in [0, 0.1) is 17.6 Å². The minimum Gasteiger partial charge on any atom is -0.483 e. The fourth-order valence-electron chi connectivity index (χ4n) is 1.70. The first-order chi connectivity index (χ1) is 10.5. The third kappa shape index (κ3) is 4.31. The second-order valence-corrected chi connectivity index (χ2v) is 5.23. The number of furan rings is 1. The van der Waals surface area contributed by atoms with Crippen LogP contribution in [0.5, 0.6) is 5.75 Å². The van der Waals surface area contributed by atoms with Gasteiger partial charge in [0.15, 0.2) is 17.3 Å². The maximum Gasteiger partial charge on any atom is 0.287 e. The van der Waals surface area contributed by atoms with Crippen LogP contribution in [-0.4, -0.2) is 12.5 Å². The van der Waals surface area contributed by atoms with E-state index in [4.69, 9.17) is 9.15 Å². The van der Waals surface area contributed by atoms with Crippen molar-refractivity contribution in [1.29, 1.82) is 0 Å². The van der Waals surface area contributed by atoms with Crippen molar-refractivity contribution in [1.82, 2.24) is 5.32 Å². The van der Waals surface area contributed by atoms with Gasteiger partial charge in [0.2, 0.25) is 0 Å². The molecule has 2 rings (SSSR count). The Morgan fingerprint density at radius 2 is 2.05 bits per heavy atom. The van der Waals surface area contributed by atoms with Crippen molar-refractivity contribution in [3.05, 3.63) is 53.5 Å². The minimum atomic E-state index is -0.790. The van der Waals surface area contributed by atoms with E-state index in [-0.39, 0.29) is 24.0 Å². The smallest absolute Gasteiger partial charge is 0.287 e. The van der Waals surface area contributed by atoms with Crippen molar-refractivity contribution in [2.24, 2.45) is 5.92 Å². The molecule has 6 heteroatoms. The lowest BCUT2D eigenvalue weighted by Crippen LogP contribution is -2.26. The maximum atomic E-state index is 13.4. The Morgan fingerprint density at radius 1 is 1.27 bits per heavy atom. The van der Waals surface area contributed by atoms with E-state index in [9.17, 15) is 13.6 Å². The van der Waals surface area contributed by atoms with Crippen molar-refractivity contribution < 1.29 is 22.7 Å². The average molecular weight is 309 g/mol. The molecule has 0 saturated heterocycles. The third-order valence-corrected chi connectivity index (χ3v) is 2.82. The Kier molecular flexibility index (Phi) is 5.14. The summed E-state index contributed by atoms with van der Waals surface area (Å²) in [7, 11) is 0. The molecule has 0 aliphatic carbocycles. The zero-order chi connectivity index (χ0) is 16.1. The monoisotopic (exact) mass is 309 g/mol. The lowest BCUT2D eigenvalue weighted by molar-refractivity contribution is 0.0917. The van der Waals surface area contributed by atoms with E-state index < -0.39 is 11.6 Å². The number of benzene rings is 1. The zero-order valence-corrected chi connectivity index (χ0v) is 12.4. The second kappa shape index (κ2) is 7.06. The molecule has 0 fully saturated rings. The van der Waals surface area contributed by atoms with Crippen LogP contribution < -0.4 is 10.1 Å². The predicted octanol–water partition coefficient (Wildman–Crippen LogP) is 3.52. The number of nitrogens with one attached hydrogen (secondary N) is 1. The molecule has 4 nitrogen and oxygen atoms in total. The number of amides is 1. The molecule has 0 unspecified atom stereocenters. The summed E-state index contributed by atoms with van der Waals surface area (Å²) in [4.78, 5) is 11.8. The minimum absolute atomic E-state index is 0.0555. The van der Waals surface area contributed by atoms with Crippen molar-refractivity contribution >= 4 is 5.91 Å². The molecule has 1 aromatic heterocycles. The van der Waals surface area contributed by atoms with E-state index in [0.29, 0.717) is 18.2 Å². The molecule has 0 spiro atoms. The topological polar surface area (TPSA) is 51.5 Å². The summed E-state index contributed by atoms with van der Waals surface area (Å²) in [5, 5.41) is 2.73. The van der Waals surface area contributed by atoms with Crippen LogP contribution in [-0.2, 0) is 6.61 Å². The molecular formula is C16H17F2NO3. The van der Waals surface area contributed by atoms with Gasteiger partial charge < -0.3 is 14.5 Å². The van der Waals surface area contributed by atoms with E-state index >= 15 is 0 Å². The Bertz CT molecular complexity index is 653. The number of carbonyl (C=O) groups excluding carboxylic acids is 1. The van der Waals surface area contributed by atoms with Crippen molar-refractivity contribution in [3.63, 3.8) is 0 Å². The second-order valence-electron chi connectivity index (χ2n) is 5.23. The summed E-state index contributed by atoms with van der Waals surface area (Å²) >= 11 is 0. The van der Waals surface area contributed by atoms with Crippen LogP contribution in [0.3, 0.4) is 0 Å². The molecule has 1 N–H and O–H groups in total. The fraction of sp³-hybridized carbons (Fsp3) is 0.312. The van der Waals surface area contributed by atoms with E-state index in [0.717, 1.165) is 12.1 Å². The molecular weight excluding hydrogens is 292 g/mol. The Morgan fingerprint density at radius 3 is 2.73 bits per heavy atom. The van der Waals surface area contributed by atoms with Gasteiger partial charge in [0, 0.05) is 12.6 Å². The highest BCUT2D eigenvalue weighted by atomic mass is 19.1. The van der Waals surface area contributed by atoms with E-state index in [1.165, 1.54) is 12.1 Å². The van der Waals surface area contributed by atoms with Crippen LogP contribution in [0.4, 0.5) is 8.78 Å². The molecule has 0 aliphatic rings. The van der Waals surface area contributed by atoms with Gasteiger partial charge in [-0.3, -0.25) is 4.79 Å². The van der Waals surface area contributed by atoms with Gasteiger partial charge in [0.1, 0.15) is 18.2 Å². The molecule has 118 valence electrons.